The van der Waals surface area contributed by atoms with E-state index < -0.39 is 0 Å². The van der Waals surface area contributed by atoms with Gasteiger partial charge in [-0.2, -0.15) is 0 Å². The van der Waals surface area contributed by atoms with Gasteiger partial charge in [0.05, 0.1) is 17.8 Å². The van der Waals surface area contributed by atoms with Crippen LogP contribution in [0, 0.1) is 0 Å². The van der Waals surface area contributed by atoms with Gasteiger partial charge in [-0.3, -0.25) is 4.99 Å². The average molecular weight is 274 g/mol. The van der Waals surface area contributed by atoms with E-state index in [9.17, 15) is 0 Å². The van der Waals surface area contributed by atoms with Crippen LogP contribution < -0.4 is 0 Å². The molecule has 0 saturated heterocycles. The van der Waals surface area contributed by atoms with E-state index in [2.05, 4.69) is 41.4 Å². The first kappa shape index (κ1) is 12.5. The summed E-state index contributed by atoms with van der Waals surface area (Å²) in [4.78, 5) is 9.33. The van der Waals surface area contributed by atoms with Crippen molar-refractivity contribution < 1.29 is 0 Å². The number of nitrogens with zero attached hydrogens (tertiary/aromatic N) is 2. The summed E-state index contributed by atoms with van der Waals surface area (Å²) in [6, 6.07) is 8.49. The second kappa shape index (κ2) is 5.28. The largest absolute Gasteiger partial charge is 0.288 e. The third-order valence-electron chi connectivity index (χ3n) is 4.33. The predicted octanol–water partition coefficient (Wildman–Crippen LogP) is 4.79. The van der Waals surface area contributed by atoms with Gasteiger partial charge in [-0.05, 0) is 55.0 Å². The molecule has 1 aromatic carbocycles. The Morgan fingerprint density at radius 3 is 2.90 bits per heavy atom. The summed E-state index contributed by atoms with van der Waals surface area (Å²) in [5, 5.41) is 1.27. The number of allylic oxidation sites excluding steroid dienone is 3. The Hall–Kier alpha value is -2.22. The minimum atomic E-state index is 0.729. The minimum absolute atomic E-state index is 0.729. The first-order valence-electron chi connectivity index (χ1n) is 7.71. The fraction of sp³-hybridized carbons (Fsp3) is 0.263. The number of benzene rings is 1. The Kier molecular flexibility index (Phi) is 3.15. The van der Waals surface area contributed by atoms with E-state index in [1.54, 1.807) is 0 Å². The Balaban J connectivity index is 2.05. The maximum atomic E-state index is 4.84. The summed E-state index contributed by atoms with van der Waals surface area (Å²) >= 11 is 0. The van der Waals surface area contributed by atoms with Crippen LogP contribution in [0.25, 0.3) is 22.6 Å². The fourth-order valence-corrected chi connectivity index (χ4v) is 3.34. The molecule has 1 aliphatic heterocycles. The molecule has 0 radical (unpaired) electrons. The van der Waals surface area contributed by atoms with Gasteiger partial charge in [0.2, 0.25) is 0 Å². The molecule has 2 heterocycles. The van der Waals surface area contributed by atoms with Crippen molar-refractivity contribution in [3.8, 4) is 0 Å². The Bertz CT molecular complexity index is 781. The Labute approximate surface area is 124 Å². The van der Waals surface area contributed by atoms with Crippen LogP contribution in [0.2, 0.25) is 0 Å². The van der Waals surface area contributed by atoms with Crippen molar-refractivity contribution in [2.24, 2.45) is 4.99 Å². The number of para-hydroxylation sites is 1. The number of aromatic nitrogens is 1. The van der Waals surface area contributed by atoms with Gasteiger partial charge in [0.25, 0.3) is 0 Å². The lowest BCUT2D eigenvalue weighted by Gasteiger charge is -2.19. The summed E-state index contributed by atoms with van der Waals surface area (Å²) in [6.07, 6.45) is 13.4. The smallest absolute Gasteiger partial charge is 0.0715 e. The maximum absolute atomic E-state index is 4.84. The number of hydrogen-bond donors (Lipinski definition) is 0. The molecule has 2 heteroatoms. The van der Waals surface area contributed by atoms with Crippen LogP contribution in [0.4, 0.5) is 0 Å². The topological polar surface area (TPSA) is 25.2 Å². The highest BCUT2D eigenvalue weighted by molar-refractivity contribution is 5.95. The van der Waals surface area contributed by atoms with Gasteiger partial charge in [-0.25, -0.2) is 4.98 Å². The third-order valence-corrected chi connectivity index (χ3v) is 4.33. The first-order valence-corrected chi connectivity index (χ1v) is 7.71. The van der Waals surface area contributed by atoms with E-state index in [4.69, 9.17) is 4.98 Å². The normalized spacial score (nSPS) is 17.4. The SMILES string of the molecule is C1=Cc2nc3ccccc3c(C3=CCCCC3)c2CN=C1. The lowest BCUT2D eigenvalue weighted by molar-refractivity contribution is 0.741. The second-order valence-electron chi connectivity index (χ2n) is 5.69. The van der Waals surface area contributed by atoms with E-state index in [1.807, 2.05) is 12.3 Å². The van der Waals surface area contributed by atoms with Crippen molar-refractivity contribution in [3.05, 3.63) is 53.2 Å². The highest BCUT2D eigenvalue weighted by Crippen LogP contribution is 2.36. The predicted molar refractivity (Wildman–Crippen MR) is 89.4 cm³/mol. The van der Waals surface area contributed by atoms with Gasteiger partial charge in [-0.1, -0.05) is 24.3 Å². The molecule has 0 amide bonds. The molecule has 0 atom stereocenters. The zero-order valence-corrected chi connectivity index (χ0v) is 12.0. The van der Waals surface area contributed by atoms with Gasteiger partial charge in [0, 0.05) is 17.2 Å². The van der Waals surface area contributed by atoms with Crippen molar-refractivity contribution >= 4 is 28.8 Å². The van der Waals surface area contributed by atoms with Crippen LogP contribution in [0.15, 0.2) is 41.4 Å². The number of rotatable bonds is 1. The van der Waals surface area contributed by atoms with Gasteiger partial charge >= 0.3 is 0 Å². The number of pyridine rings is 1. The van der Waals surface area contributed by atoms with Gasteiger partial charge < -0.3 is 0 Å². The standard InChI is InChI=1S/C19H18N2/c1-2-7-14(8-3-1)19-15-9-4-5-10-17(15)21-18-11-6-12-20-13-16(18)19/h4-7,9-12H,1-3,8,13H2. The lowest BCUT2D eigenvalue weighted by Crippen LogP contribution is -2.02. The summed E-state index contributed by atoms with van der Waals surface area (Å²) in [5.74, 6) is 0. The molecule has 2 aliphatic rings. The maximum Gasteiger partial charge on any atom is 0.0715 e. The molecule has 0 bridgehead atoms. The van der Waals surface area contributed by atoms with Crippen molar-refractivity contribution in [1.29, 1.82) is 0 Å². The van der Waals surface area contributed by atoms with Crippen LogP contribution in [0.5, 0.6) is 0 Å². The molecule has 2 aromatic rings. The van der Waals surface area contributed by atoms with Crippen molar-refractivity contribution in [2.75, 3.05) is 0 Å². The van der Waals surface area contributed by atoms with Crippen molar-refractivity contribution in [1.82, 2.24) is 4.98 Å². The molecule has 1 aromatic heterocycles. The molecule has 21 heavy (non-hydrogen) atoms. The summed E-state index contributed by atoms with van der Waals surface area (Å²) in [5.41, 5.74) is 6.32. The molecule has 2 nitrogen and oxygen atoms in total. The zero-order chi connectivity index (χ0) is 14.1. The molecule has 0 unspecified atom stereocenters. The van der Waals surface area contributed by atoms with Crippen LogP contribution >= 0.6 is 0 Å². The summed E-state index contributed by atoms with van der Waals surface area (Å²) in [7, 11) is 0. The van der Waals surface area contributed by atoms with Crippen LogP contribution in [-0.2, 0) is 6.54 Å². The van der Waals surface area contributed by atoms with E-state index in [0.717, 1.165) is 17.8 Å². The first-order chi connectivity index (χ1) is 10.4. The van der Waals surface area contributed by atoms with Gasteiger partial charge in [-0.15, -0.1) is 0 Å². The molecule has 1 aliphatic carbocycles. The monoisotopic (exact) mass is 274 g/mol. The fourth-order valence-electron chi connectivity index (χ4n) is 3.34. The molecule has 0 N–H and O–H groups in total. The van der Waals surface area contributed by atoms with Gasteiger partial charge in [0.1, 0.15) is 0 Å². The number of fused-ring (bicyclic) bond motifs is 2. The zero-order valence-electron chi connectivity index (χ0n) is 12.0. The van der Waals surface area contributed by atoms with Crippen molar-refractivity contribution in [3.63, 3.8) is 0 Å². The molecule has 0 saturated carbocycles. The van der Waals surface area contributed by atoms with E-state index in [-0.39, 0.29) is 0 Å². The van der Waals surface area contributed by atoms with E-state index in [0.29, 0.717) is 0 Å². The molecule has 104 valence electrons. The summed E-state index contributed by atoms with van der Waals surface area (Å²) in [6.45, 7) is 0.729. The average Bonchev–Trinajstić information content (AvgIpc) is 2.78. The molecule has 0 fully saturated rings. The van der Waals surface area contributed by atoms with E-state index >= 15 is 0 Å². The minimum Gasteiger partial charge on any atom is -0.288 e. The van der Waals surface area contributed by atoms with Crippen molar-refractivity contribution in [2.45, 2.75) is 32.2 Å². The Morgan fingerprint density at radius 1 is 1.05 bits per heavy atom. The lowest BCUT2D eigenvalue weighted by atomic mass is 9.87. The molecular weight excluding hydrogens is 256 g/mol. The quantitative estimate of drug-likeness (QED) is 0.734. The second-order valence-corrected chi connectivity index (χ2v) is 5.69. The van der Waals surface area contributed by atoms with Gasteiger partial charge in [0.15, 0.2) is 0 Å². The number of aliphatic imine (C=N–C) groups is 1. The molecular formula is C19H18N2. The Morgan fingerprint density at radius 2 is 2.00 bits per heavy atom. The molecule has 4 rings (SSSR count). The highest BCUT2D eigenvalue weighted by atomic mass is 14.8. The summed E-state index contributed by atoms with van der Waals surface area (Å²) < 4.78 is 0. The highest BCUT2D eigenvalue weighted by Gasteiger charge is 2.18. The van der Waals surface area contributed by atoms with Crippen LogP contribution in [0.1, 0.15) is 42.5 Å². The molecule has 0 spiro atoms. The van der Waals surface area contributed by atoms with Crippen LogP contribution in [-0.4, -0.2) is 11.2 Å². The van der Waals surface area contributed by atoms with E-state index in [1.165, 1.54) is 47.8 Å². The number of hydrogen-bond acceptors (Lipinski definition) is 2. The van der Waals surface area contributed by atoms with Crippen LogP contribution in [0.3, 0.4) is 0 Å². The third kappa shape index (κ3) is 2.21.